The number of aliphatic carboxylic acids is 1. The number of carboxylic acid groups (broad SMARTS) is 1. The maximum atomic E-state index is 12.5. The second kappa shape index (κ2) is 5.16. The molecule has 2 aliphatic rings. The highest BCUT2D eigenvalue weighted by Gasteiger charge is 2.45. The molecular formula is C17H19N3O3. The predicted molar refractivity (Wildman–Crippen MR) is 85.4 cm³/mol. The maximum Gasteiger partial charge on any atom is 0.323 e. The average Bonchev–Trinajstić information content (AvgIpc) is 3.05. The van der Waals surface area contributed by atoms with E-state index in [1.807, 2.05) is 12.1 Å². The monoisotopic (exact) mass is 313 g/mol. The minimum absolute atomic E-state index is 0.284. The lowest BCUT2D eigenvalue weighted by molar-refractivity contribution is -0.137. The van der Waals surface area contributed by atoms with Crippen LogP contribution in [-0.4, -0.2) is 33.2 Å². The summed E-state index contributed by atoms with van der Waals surface area (Å²) in [6, 6.07) is 6.43. The lowest BCUT2D eigenvalue weighted by Gasteiger charge is -2.23. The molecule has 0 amide bonds. The van der Waals surface area contributed by atoms with Crippen molar-refractivity contribution in [3.8, 4) is 0 Å². The predicted octanol–water partition coefficient (Wildman–Crippen LogP) is 1.19. The number of nitrogens with one attached hydrogen (secondary N) is 1. The van der Waals surface area contributed by atoms with Crippen LogP contribution >= 0.6 is 0 Å². The second-order valence-electron chi connectivity index (χ2n) is 6.73. The number of fused-ring (bicyclic) bond motifs is 3. The molecule has 23 heavy (non-hydrogen) atoms. The van der Waals surface area contributed by atoms with Gasteiger partial charge in [0.1, 0.15) is 6.54 Å². The normalized spacial score (nSPS) is 29.3. The Morgan fingerprint density at radius 2 is 2.30 bits per heavy atom. The van der Waals surface area contributed by atoms with E-state index in [0.29, 0.717) is 34.7 Å². The van der Waals surface area contributed by atoms with Crippen molar-refractivity contribution in [1.82, 2.24) is 14.9 Å². The summed E-state index contributed by atoms with van der Waals surface area (Å²) in [4.78, 5) is 27.6. The van der Waals surface area contributed by atoms with Crippen molar-refractivity contribution >= 4 is 16.9 Å². The van der Waals surface area contributed by atoms with Crippen molar-refractivity contribution in [3.63, 3.8) is 0 Å². The highest BCUT2D eigenvalue weighted by atomic mass is 16.4. The van der Waals surface area contributed by atoms with Gasteiger partial charge in [-0.3, -0.25) is 14.2 Å². The molecular weight excluding hydrogens is 294 g/mol. The fourth-order valence-electron chi connectivity index (χ4n) is 4.26. The first-order valence-corrected chi connectivity index (χ1v) is 7.99. The Balaban J connectivity index is 1.77. The first-order chi connectivity index (χ1) is 11.0. The van der Waals surface area contributed by atoms with Crippen LogP contribution in [0.4, 0.5) is 0 Å². The number of rotatable bonds is 3. The van der Waals surface area contributed by atoms with Crippen LogP contribution in [0, 0.1) is 11.8 Å². The van der Waals surface area contributed by atoms with E-state index in [9.17, 15) is 9.59 Å². The topological polar surface area (TPSA) is 84.2 Å². The number of carboxylic acids is 1. The van der Waals surface area contributed by atoms with E-state index in [4.69, 9.17) is 5.11 Å². The van der Waals surface area contributed by atoms with Gasteiger partial charge in [-0.1, -0.05) is 13.0 Å². The molecule has 1 saturated carbocycles. The van der Waals surface area contributed by atoms with Crippen LogP contribution in [-0.2, 0) is 11.3 Å². The molecule has 2 fully saturated rings. The van der Waals surface area contributed by atoms with Crippen molar-refractivity contribution < 1.29 is 9.90 Å². The quantitative estimate of drug-likeness (QED) is 0.889. The minimum atomic E-state index is -1.04. The molecule has 0 spiro atoms. The van der Waals surface area contributed by atoms with E-state index < -0.39 is 5.97 Å². The molecule has 6 heteroatoms. The van der Waals surface area contributed by atoms with Crippen LogP contribution < -0.4 is 10.9 Å². The van der Waals surface area contributed by atoms with Crippen molar-refractivity contribution in [2.24, 2.45) is 11.8 Å². The van der Waals surface area contributed by atoms with Gasteiger partial charge in [0.25, 0.3) is 5.56 Å². The Morgan fingerprint density at radius 3 is 2.96 bits per heavy atom. The molecule has 2 aromatic rings. The van der Waals surface area contributed by atoms with Gasteiger partial charge in [-0.05, 0) is 48.4 Å². The Kier molecular flexibility index (Phi) is 3.23. The number of hydrogen-bond acceptors (Lipinski definition) is 4. The third kappa shape index (κ3) is 2.25. The molecule has 2 heterocycles. The van der Waals surface area contributed by atoms with Gasteiger partial charge < -0.3 is 10.4 Å². The van der Waals surface area contributed by atoms with Crippen molar-refractivity contribution in [3.05, 3.63) is 40.4 Å². The fourth-order valence-corrected chi connectivity index (χ4v) is 4.26. The third-order valence-electron chi connectivity index (χ3n) is 5.53. The van der Waals surface area contributed by atoms with Gasteiger partial charge in [0, 0.05) is 6.04 Å². The van der Waals surface area contributed by atoms with Gasteiger partial charge in [0.15, 0.2) is 0 Å². The number of carbonyl (C=O) groups is 1. The van der Waals surface area contributed by atoms with Crippen LogP contribution in [0.15, 0.2) is 29.3 Å². The van der Waals surface area contributed by atoms with Gasteiger partial charge in [0.05, 0.1) is 17.2 Å². The summed E-state index contributed by atoms with van der Waals surface area (Å²) in [5.41, 5.74) is 1.51. The van der Waals surface area contributed by atoms with E-state index in [0.717, 1.165) is 17.5 Å². The zero-order valence-corrected chi connectivity index (χ0v) is 12.9. The fraction of sp³-hybridized carbons (Fsp3) is 0.471. The Hall–Kier alpha value is -2.21. The highest BCUT2D eigenvalue weighted by Crippen LogP contribution is 2.47. The molecule has 2 N–H and O–H groups in total. The molecule has 120 valence electrons. The van der Waals surface area contributed by atoms with Crippen molar-refractivity contribution in [1.29, 1.82) is 0 Å². The van der Waals surface area contributed by atoms with Gasteiger partial charge in [-0.25, -0.2) is 4.98 Å². The van der Waals surface area contributed by atoms with Crippen LogP contribution in [0.1, 0.15) is 24.8 Å². The van der Waals surface area contributed by atoms with Gasteiger partial charge >= 0.3 is 5.97 Å². The third-order valence-corrected chi connectivity index (χ3v) is 5.53. The molecule has 1 saturated heterocycles. The van der Waals surface area contributed by atoms with E-state index in [1.54, 1.807) is 0 Å². The van der Waals surface area contributed by atoms with Gasteiger partial charge in [-0.2, -0.15) is 0 Å². The summed E-state index contributed by atoms with van der Waals surface area (Å²) < 4.78 is 1.15. The molecule has 4 unspecified atom stereocenters. The Labute approximate surface area is 133 Å². The first-order valence-electron chi connectivity index (χ1n) is 7.99. The van der Waals surface area contributed by atoms with E-state index in [2.05, 4.69) is 23.3 Å². The van der Waals surface area contributed by atoms with Gasteiger partial charge in [-0.15, -0.1) is 0 Å². The Bertz CT molecular complexity index is 845. The van der Waals surface area contributed by atoms with E-state index in [-0.39, 0.29) is 12.1 Å². The zero-order valence-electron chi connectivity index (χ0n) is 12.9. The molecule has 1 aliphatic carbocycles. The van der Waals surface area contributed by atoms with Gasteiger partial charge in [0.2, 0.25) is 0 Å². The van der Waals surface area contributed by atoms with E-state index in [1.165, 1.54) is 11.9 Å². The van der Waals surface area contributed by atoms with Crippen LogP contribution in [0.5, 0.6) is 0 Å². The highest BCUT2D eigenvalue weighted by molar-refractivity contribution is 5.78. The SMILES string of the molecule is CC1C2CC(c3ccc4ncn(CC(=O)O)c(=O)c4c3)C1CN2. The number of piperidine rings is 1. The van der Waals surface area contributed by atoms with Crippen LogP contribution in [0.3, 0.4) is 0 Å². The maximum absolute atomic E-state index is 12.5. The molecule has 2 bridgehead atoms. The summed E-state index contributed by atoms with van der Waals surface area (Å²) in [6.07, 6.45) is 2.41. The smallest absolute Gasteiger partial charge is 0.323 e. The lowest BCUT2D eigenvalue weighted by atomic mass is 9.85. The van der Waals surface area contributed by atoms with E-state index >= 15 is 0 Å². The van der Waals surface area contributed by atoms with Crippen molar-refractivity contribution in [2.45, 2.75) is 31.8 Å². The number of aromatic nitrogens is 2. The average molecular weight is 313 g/mol. The zero-order chi connectivity index (χ0) is 16.1. The largest absolute Gasteiger partial charge is 0.480 e. The second-order valence-corrected chi connectivity index (χ2v) is 6.73. The molecule has 4 rings (SSSR count). The van der Waals surface area contributed by atoms with Crippen LogP contribution in [0.25, 0.3) is 10.9 Å². The summed E-state index contributed by atoms with van der Waals surface area (Å²) >= 11 is 0. The van der Waals surface area contributed by atoms with Crippen molar-refractivity contribution in [2.75, 3.05) is 6.54 Å². The molecule has 1 aromatic carbocycles. The Morgan fingerprint density at radius 1 is 1.48 bits per heavy atom. The standard InChI is InChI=1S/C17H19N3O3/c1-9-13-6-18-15(9)5-11(13)10-2-3-14-12(4-10)17(23)20(8-19-14)7-16(21)22/h2-4,8-9,11,13,15,18H,5-7H2,1H3,(H,21,22). The number of nitrogens with zero attached hydrogens (tertiary/aromatic N) is 2. The molecule has 0 radical (unpaired) electrons. The van der Waals surface area contributed by atoms with Crippen LogP contribution in [0.2, 0.25) is 0 Å². The molecule has 1 aromatic heterocycles. The summed E-state index contributed by atoms with van der Waals surface area (Å²) in [7, 11) is 0. The lowest BCUT2D eigenvalue weighted by Crippen LogP contribution is -2.29. The molecule has 6 nitrogen and oxygen atoms in total. The minimum Gasteiger partial charge on any atom is -0.480 e. The summed E-state index contributed by atoms with van der Waals surface area (Å²) in [6.45, 7) is 2.96. The number of benzene rings is 1. The first kappa shape index (κ1) is 14.4. The summed E-state index contributed by atoms with van der Waals surface area (Å²) in [5.74, 6) is 0.689. The summed E-state index contributed by atoms with van der Waals surface area (Å²) in [5, 5.41) is 12.9. The molecule has 4 atom stereocenters. The molecule has 1 aliphatic heterocycles. The number of hydrogen-bond donors (Lipinski definition) is 2.